The van der Waals surface area contributed by atoms with Crippen LogP contribution in [0, 0.1) is 0 Å². The second-order valence-corrected chi connectivity index (χ2v) is 4.18. The van der Waals surface area contributed by atoms with Gasteiger partial charge in [-0.05, 0) is 6.92 Å². The van der Waals surface area contributed by atoms with E-state index in [4.69, 9.17) is 5.11 Å². The van der Waals surface area contributed by atoms with Gasteiger partial charge in [0.2, 0.25) is 5.16 Å². The summed E-state index contributed by atoms with van der Waals surface area (Å²) in [4.78, 5) is 14.6. The molecule has 7 nitrogen and oxygen atoms in total. The first kappa shape index (κ1) is 11.6. The summed E-state index contributed by atoms with van der Waals surface area (Å²) in [6.07, 6.45) is 3.54. The summed E-state index contributed by atoms with van der Waals surface area (Å²) < 4.78 is 1.78. The fourth-order valence-electron chi connectivity index (χ4n) is 1.23. The summed E-state index contributed by atoms with van der Waals surface area (Å²) in [6, 6.07) is 0. The molecule has 2 aromatic heterocycles. The highest BCUT2D eigenvalue weighted by atomic mass is 32.2. The van der Waals surface area contributed by atoms with Gasteiger partial charge in [-0.2, -0.15) is 5.10 Å². The molecular formula is C9H11N5O2S. The zero-order valence-corrected chi connectivity index (χ0v) is 9.94. The Morgan fingerprint density at radius 1 is 1.65 bits per heavy atom. The number of carboxylic acid groups (broad SMARTS) is 1. The van der Waals surface area contributed by atoms with Crippen LogP contribution in [0.2, 0.25) is 0 Å². The number of nitrogens with zero attached hydrogens (tertiary/aromatic N) is 4. The van der Waals surface area contributed by atoms with Crippen molar-refractivity contribution >= 4 is 17.7 Å². The molecule has 2 N–H and O–H groups in total. The van der Waals surface area contributed by atoms with Crippen LogP contribution >= 0.6 is 11.8 Å². The number of aromatic nitrogens is 5. The maximum Gasteiger partial charge on any atom is 0.313 e. The van der Waals surface area contributed by atoms with Gasteiger partial charge in [0.05, 0.1) is 17.5 Å². The maximum absolute atomic E-state index is 10.4. The number of aryl methyl sites for hydroxylation is 1. The number of aliphatic carboxylic acids is 1. The maximum atomic E-state index is 10.4. The predicted molar refractivity (Wildman–Crippen MR) is 61.6 cm³/mol. The third-order valence-electron chi connectivity index (χ3n) is 2.02. The smallest absolute Gasteiger partial charge is 0.313 e. The minimum Gasteiger partial charge on any atom is -0.481 e. The van der Waals surface area contributed by atoms with E-state index in [0.29, 0.717) is 11.0 Å². The molecule has 0 atom stereocenters. The van der Waals surface area contributed by atoms with E-state index in [2.05, 4.69) is 20.3 Å². The first-order valence-electron chi connectivity index (χ1n) is 4.99. The third-order valence-corrected chi connectivity index (χ3v) is 2.85. The molecule has 0 unspecified atom stereocenters. The monoisotopic (exact) mass is 253 g/mol. The average Bonchev–Trinajstić information content (AvgIpc) is 2.94. The number of nitrogens with one attached hydrogen (secondary N) is 1. The van der Waals surface area contributed by atoms with Crippen molar-refractivity contribution in [1.82, 2.24) is 25.0 Å². The van der Waals surface area contributed by atoms with Gasteiger partial charge in [0.15, 0.2) is 5.82 Å². The highest BCUT2D eigenvalue weighted by Crippen LogP contribution is 2.18. The van der Waals surface area contributed by atoms with Crippen LogP contribution in [0.5, 0.6) is 0 Å². The number of carbonyl (C=O) groups is 1. The van der Waals surface area contributed by atoms with Crippen molar-refractivity contribution < 1.29 is 9.90 Å². The molecule has 0 aromatic carbocycles. The zero-order valence-electron chi connectivity index (χ0n) is 9.12. The standard InChI is InChI=1S/C9H11N5O2S/c1-2-14-4-6(3-10-14)8-11-9(13-12-8)17-5-7(15)16/h3-4H,2,5H2,1H3,(H,15,16)(H,11,12,13). The Labute approximate surface area is 101 Å². The van der Waals surface area contributed by atoms with E-state index in [0.717, 1.165) is 23.9 Å². The van der Waals surface area contributed by atoms with Crippen molar-refractivity contribution in [2.75, 3.05) is 5.75 Å². The highest BCUT2D eigenvalue weighted by molar-refractivity contribution is 7.99. The Kier molecular flexibility index (Phi) is 3.43. The van der Waals surface area contributed by atoms with Crippen LogP contribution in [0.4, 0.5) is 0 Å². The van der Waals surface area contributed by atoms with E-state index in [9.17, 15) is 4.79 Å². The third kappa shape index (κ3) is 2.84. The van der Waals surface area contributed by atoms with Crippen LogP contribution in [0.15, 0.2) is 17.6 Å². The number of hydrogen-bond donors (Lipinski definition) is 2. The van der Waals surface area contributed by atoms with Gasteiger partial charge in [0.25, 0.3) is 0 Å². The fourth-order valence-corrected chi connectivity index (χ4v) is 1.74. The van der Waals surface area contributed by atoms with Gasteiger partial charge < -0.3 is 5.11 Å². The van der Waals surface area contributed by atoms with Crippen molar-refractivity contribution in [2.45, 2.75) is 18.6 Å². The van der Waals surface area contributed by atoms with Crippen molar-refractivity contribution in [3.8, 4) is 11.4 Å². The highest BCUT2D eigenvalue weighted by Gasteiger charge is 2.09. The Morgan fingerprint density at radius 2 is 2.47 bits per heavy atom. The van der Waals surface area contributed by atoms with Gasteiger partial charge in [-0.1, -0.05) is 11.8 Å². The van der Waals surface area contributed by atoms with Crippen LogP contribution < -0.4 is 0 Å². The molecular weight excluding hydrogens is 242 g/mol. The number of aromatic amines is 1. The van der Waals surface area contributed by atoms with Gasteiger partial charge in [-0.25, -0.2) is 4.98 Å². The molecule has 2 aromatic rings. The van der Waals surface area contributed by atoms with E-state index in [-0.39, 0.29) is 5.75 Å². The van der Waals surface area contributed by atoms with E-state index in [1.165, 1.54) is 0 Å². The van der Waals surface area contributed by atoms with Crippen LogP contribution in [0.25, 0.3) is 11.4 Å². The summed E-state index contributed by atoms with van der Waals surface area (Å²) in [7, 11) is 0. The van der Waals surface area contributed by atoms with Gasteiger partial charge in [-0.15, -0.1) is 5.10 Å². The summed E-state index contributed by atoms with van der Waals surface area (Å²) in [5.74, 6) is -0.344. The molecule has 0 bridgehead atoms. The topological polar surface area (TPSA) is 96.7 Å². The lowest BCUT2D eigenvalue weighted by molar-refractivity contribution is -0.133. The second kappa shape index (κ2) is 5.00. The molecule has 0 aliphatic carbocycles. The van der Waals surface area contributed by atoms with Gasteiger partial charge >= 0.3 is 5.97 Å². The normalized spacial score (nSPS) is 10.6. The fraction of sp³-hybridized carbons (Fsp3) is 0.333. The van der Waals surface area contributed by atoms with Crippen molar-refractivity contribution in [1.29, 1.82) is 0 Å². The number of hydrogen-bond acceptors (Lipinski definition) is 5. The Balaban J connectivity index is 2.09. The van der Waals surface area contributed by atoms with Crippen LogP contribution in [0.1, 0.15) is 6.92 Å². The van der Waals surface area contributed by atoms with Crippen LogP contribution in [-0.4, -0.2) is 41.8 Å². The predicted octanol–water partition coefficient (Wildman–Crippen LogP) is 0.865. The molecule has 0 radical (unpaired) electrons. The summed E-state index contributed by atoms with van der Waals surface area (Å²) in [6.45, 7) is 2.78. The number of thioether (sulfide) groups is 1. The molecule has 0 aliphatic rings. The molecule has 0 spiro atoms. The van der Waals surface area contributed by atoms with Gasteiger partial charge in [0, 0.05) is 12.7 Å². The first-order chi connectivity index (χ1) is 8.19. The number of carboxylic acids is 1. The zero-order chi connectivity index (χ0) is 12.3. The lowest BCUT2D eigenvalue weighted by Crippen LogP contribution is -1.97. The average molecular weight is 253 g/mol. The minimum atomic E-state index is -0.889. The van der Waals surface area contributed by atoms with Crippen LogP contribution in [-0.2, 0) is 11.3 Å². The van der Waals surface area contributed by atoms with E-state index < -0.39 is 5.97 Å². The molecule has 2 rings (SSSR count). The minimum absolute atomic E-state index is 0.0501. The van der Waals surface area contributed by atoms with E-state index >= 15 is 0 Å². The number of rotatable bonds is 5. The molecule has 17 heavy (non-hydrogen) atoms. The number of H-pyrrole nitrogens is 1. The van der Waals surface area contributed by atoms with Crippen molar-refractivity contribution in [3.05, 3.63) is 12.4 Å². The Morgan fingerprint density at radius 3 is 3.12 bits per heavy atom. The molecule has 2 heterocycles. The van der Waals surface area contributed by atoms with Crippen molar-refractivity contribution in [2.24, 2.45) is 0 Å². The van der Waals surface area contributed by atoms with E-state index in [1.807, 2.05) is 13.1 Å². The molecule has 8 heteroatoms. The van der Waals surface area contributed by atoms with Crippen molar-refractivity contribution in [3.63, 3.8) is 0 Å². The van der Waals surface area contributed by atoms with Gasteiger partial charge in [0.1, 0.15) is 0 Å². The quantitative estimate of drug-likeness (QED) is 0.767. The summed E-state index contributed by atoms with van der Waals surface area (Å²) >= 11 is 1.08. The molecule has 90 valence electrons. The molecule has 0 saturated carbocycles. The lowest BCUT2D eigenvalue weighted by Gasteiger charge is -1.90. The largest absolute Gasteiger partial charge is 0.481 e. The Bertz CT molecular complexity index is 521. The summed E-state index contributed by atoms with van der Waals surface area (Å²) in [5, 5.41) is 19.8. The first-order valence-corrected chi connectivity index (χ1v) is 5.97. The molecule has 0 fully saturated rings. The molecule has 0 saturated heterocycles. The summed E-state index contributed by atoms with van der Waals surface area (Å²) in [5.41, 5.74) is 0.835. The Hall–Kier alpha value is -1.83. The second-order valence-electron chi connectivity index (χ2n) is 3.23. The van der Waals surface area contributed by atoms with Crippen LogP contribution in [0.3, 0.4) is 0 Å². The van der Waals surface area contributed by atoms with E-state index in [1.54, 1.807) is 10.9 Å². The molecule has 0 aliphatic heterocycles. The molecule has 0 amide bonds. The van der Waals surface area contributed by atoms with Gasteiger partial charge in [-0.3, -0.25) is 14.6 Å². The SMILES string of the molecule is CCn1cc(-c2nc(SCC(=O)O)n[nH]2)cn1. The lowest BCUT2D eigenvalue weighted by atomic mass is 10.3.